The topological polar surface area (TPSA) is 51.0 Å². The summed E-state index contributed by atoms with van der Waals surface area (Å²) in [5.41, 5.74) is -0.953. The van der Waals surface area contributed by atoms with Crippen LogP contribution in [0.4, 0.5) is 0 Å². The fourth-order valence-corrected chi connectivity index (χ4v) is 3.68. The molecule has 0 radical (unpaired) electrons. The Balaban J connectivity index is 2.06. The molecule has 0 aliphatic heterocycles. The summed E-state index contributed by atoms with van der Waals surface area (Å²) in [6, 6.07) is 9.21. The minimum absolute atomic E-state index is 0.0292. The molecule has 0 bridgehead atoms. The van der Waals surface area contributed by atoms with Crippen LogP contribution >= 0.6 is 0 Å². The SMILES string of the molecule is CC[NH+](CC)CC#CCOC(=O)[C@@](O)(c1ccccc1)C1CCCCC1. The molecule has 142 valence electrons. The number of quaternary nitrogens is 1. The lowest BCUT2D eigenvalue weighted by Gasteiger charge is -2.36. The Hall–Kier alpha value is -1.83. The Morgan fingerprint density at radius 1 is 1.15 bits per heavy atom. The van der Waals surface area contributed by atoms with Gasteiger partial charge in [-0.2, -0.15) is 0 Å². The van der Waals surface area contributed by atoms with Crippen LogP contribution in [0.25, 0.3) is 0 Å². The van der Waals surface area contributed by atoms with Gasteiger partial charge in [0.15, 0.2) is 12.2 Å². The molecule has 26 heavy (non-hydrogen) atoms. The lowest BCUT2D eigenvalue weighted by molar-refractivity contribution is -0.889. The maximum Gasteiger partial charge on any atom is 0.344 e. The number of carbonyl (C=O) groups is 1. The van der Waals surface area contributed by atoms with Gasteiger partial charge in [-0.1, -0.05) is 55.5 Å². The van der Waals surface area contributed by atoms with Gasteiger partial charge in [0.2, 0.25) is 0 Å². The zero-order valence-electron chi connectivity index (χ0n) is 16.1. The van der Waals surface area contributed by atoms with Crippen LogP contribution in [0, 0.1) is 17.8 Å². The second-order valence-electron chi connectivity index (χ2n) is 7.03. The van der Waals surface area contributed by atoms with Crippen LogP contribution in [0.3, 0.4) is 0 Å². The first-order valence-electron chi connectivity index (χ1n) is 9.87. The number of rotatable bonds is 7. The fraction of sp³-hybridized carbons (Fsp3) is 0.591. The Kier molecular flexibility index (Phi) is 8.15. The van der Waals surface area contributed by atoms with Crippen molar-refractivity contribution in [3.63, 3.8) is 0 Å². The zero-order valence-corrected chi connectivity index (χ0v) is 16.1. The molecule has 0 aromatic heterocycles. The van der Waals surface area contributed by atoms with Gasteiger partial charge < -0.3 is 14.7 Å². The third-order valence-electron chi connectivity index (χ3n) is 5.46. The number of carbonyl (C=O) groups excluding carboxylic acids is 1. The van der Waals surface area contributed by atoms with Gasteiger partial charge in [-0.25, -0.2) is 4.79 Å². The normalized spacial score (nSPS) is 17.2. The molecule has 0 unspecified atom stereocenters. The molecule has 0 saturated heterocycles. The number of hydrogen-bond acceptors (Lipinski definition) is 3. The van der Waals surface area contributed by atoms with Crippen LogP contribution in [0.1, 0.15) is 51.5 Å². The van der Waals surface area contributed by atoms with Gasteiger partial charge in [0.25, 0.3) is 0 Å². The maximum absolute atomic E-state index is 12.8. The van der Waals surface area contributed by atoms with Crippen LogP contribution < -0.4 is 4.90 Å². The average Bonchev–Trinajstić information content (AvgIpc) is 2.71. The average molecular weight is 359 g/mol. The molecule has 1 aromatic carbocycles. The summed E-state index contributed by atoms with van der Waals surface area (Å²) in [6.45, 7) is 7.09. The predicted molar refractivity (Wildman–Crippen MR) is 103 cm³/mol. The summed E-state index contributed by atoms with van der Waals surface area (Å²) in [5.74, 6) is 5.32. The van der Waals surface area contributed by atoms with Crippen molar-refractivity contribution in [3.05, 3.63) is 35.9 Å². The van der Waals surface area contributed by atoms with E-state index >= 15 is 0 Å². The maximum atomic E-state index is 12.8. The molecule has 4 nitrogen and oxygen atoms in total. The molecular weight excluding hydrogens is 326 g/mol. The van der Waals surface area contributed by atoms with E-state index in [4.69, 9.17) is 4.74 Å². The first-order valence-corrected chi connectivity index (χ1v) is 9.87. The van der Waals surface area contributed by atoms with Gasteiger partial charge in [-0.3, -0.25) is 0 Å². The van der Waals surface area contributed by atoms with Crippen molar-refractivity contribution < 1.29 is 19.5 Å². The number of esters is 1. The van der Waals surface area contributed by atoms with E-state index in [1.54, 1.807) is 0 Å². The van der Waals surface area contributed by atoms with E-state index in [1.165, 1.54) is 4.90 Å². The van der Waals surface area contributed by atoms with E-state index in [1.807, 2.05) is 30.3 Å². The third-order valence-corrected chi connectivity index (χ3v) is 5.46. The Morgan fingerprint density at radius 2 is 1.81 bits per heavy atom. The van der Waals surface area contributed by atoms with Crippen molar-refractivity contribution in [1.29, 1.82) is 0 Å². The standard InChI is InChI=1S/C22H31NO3/c1-3-23(4-2)17-11-12-18-26-21(24)22(25,19-13-7-5-8-14-19)20-15-9-6-10-16-20/h5,7-8,13-14,20,25H,3-4,6,9-10,15-18H2,1-2H3/p+1/t22-/m1/s1. The summed E-state index contributed by atoms with van der Waals surface area (Å²) in [7, 11) is 0. The summed E-state index contributed by atoms with van der Waals surface area (Å²) in [5, 5.41) is 11.4. The van der Waals surface area contributed by atoms with Gasteiger partial charge in [0, 0.05) is 5.92 Å². The lowest BCUT2D eigenvalue weighted by atomic mass is 9.73. The summed E-state index contributed by atoms with van der Waals surface area (Å²) < 4.78 is 5.39. The molecule has 2 N–H and O–H groups in total. The first-order chi connectivity index (χ1) is 12.6. The minimum Gasteiger partial charge on any atom is -0.450 e. The van der Waals surface area contributed by atoms with E-state index in [9.17, 15) is 9.90 Å². The molecule has 0 amide bonds. The number of nitrogens with one attached hydrogen (secondary N) is 1. The molecule has 1 saturated carbocycles. The van der Waals surface area contributed by atoms with Crippen LogP contribution in [0.2, 0.25) is 0 Å². The van der Waals surface area contributed by atoms with Gasteiger partial charge in [-0.15, -0.1) is 0 Å². The van der Waals surface area contributed by atoms with Gasteiger partial charge >= 0.3 is 5.97 Å². The van der Waals surface area contributed by atoms with Crippen LogP contribution in [0.15, 0.2) is 30.3 Å². The quantitative estimate of drug-likeness (QED) is 0.578. The number of aliphatic hydroxyl groups is 1. The summed E-state index contributed by atoms with van der Waals surface area (Å²) >= 11 is 0. The number of benzene rings is 1. The molecule has 1 fully saturated rings. The van der Waals surface area contributed by atoms with Crippen molar-refractivity contribution in [2.24, 2.45) is 5.92 Å². The van der Waals surface area contributed by atoms with Gasteiger partial charge in [-0.05, 0) is 38.2 Å². The van der Waals surface area contributed by atoms with E-state index in [0.717, 1.165) is 51.7 Å². The lowest BCUT2D eigenvalue weighted by Crippen LogP contribution is -3.11. The molecule has 1 aliphatic rings. The molecule has 1 aromatic rings. The molecule has 0 spiro atoms. The Morgan fingerprint density at radius 3 is 2.42 bits per heavy atom. The fourth-order valence-electron chi connectivity index (χ4n) is 3.68. The predicted octanol–water partition coefficient (Wildman–Crippen LogP) is 1.93. The molecule has 1 atom stereocenters. The highest BCUT2D eigenvalue weighted by Gasteiger charge is 2.46. The van der Waals surface area contributed by atoms with Crippen LogP contribution in [0.5, 0.6) is 0 Å². The van der Waals surface area contributed by atoms with Crippen molar-refractivity contribution in [2.45, 2.75) is 51.6 Å². The van der Waals surface area contributed by atoms with Crippen molar-refractivity contribution in [1.82, 2.24) is 0 Å². The Bertz CT molecular complexity index is 609. The van der Waals surface area contributed by atoms with E-state index in [0.29, 0.717) is 5.56 Å². The summed E-state index contributed by atoms with van der Waals surface area (Å²) in [6.07, 6.45) is 4.93. The van der Waals surface area contributed by atoms with E-state index in [2.05, 4.69) is 25.7 Å². The Labute approximate surface area is 157 Å². The summed E-state index contributed by atoms with van der Waals surface area (Å²) in [4.78, 5) is 14.2. The van der Waals surface area contributed by atoms with Gasteiger partial charge in [0.1, 0.15) is 6.54 Å². The molecular formula is C22H32NO3+. The van der Waals surface area contributed by atoms with E-state index < -0.39 is 11.6 Å². The highest BCUT2D eigenvalue weighted by molar-refractivity contribution is 5.81. The van der Waals surface area contributed by atoms with Crippen LogP contribution in [-0.2, 0) is 15.1 Å². The van der Waals surface area contributed by atoms with Gasteiger partial charge in [0.05, 0.1) is 13.1 Å². The van der Waals surface area contributed by atoms with Crippen molar-refractivity contribution in [3.8, 4) is 11.8 Å². The number of hydrogen-bond donors (Lipinski definition) is 2. The molecule has 0 heterocycles. The van der Waals surface area contributed by atoms with Crippen LogP contribution in [-0.4, -0.2) is 37.3 Å². The van der Waals surface area contributed by atoms with Crippen molar-refractivity contribution >= 4 is 5.97 Å². The highest BCUT2D eigenvalue weighted by atomic mass is 16.5. The largest absolute Gasteiger partial charge is 0.450 e. The highest BCUT2D eigenvalue weighted by Crippen LogP contribution is 2.40. The van der Waals surface area contributed by atoms with E-state index in [-0.39, 0.29) is 12.5 Å². The molecule has 4 heteroatoms. The molecule has 1 aliphatic carbocycles. The minimum atomic E-state index is -1.58. The second kappa shape index (κ2) is 10.4. The monoisotopic (exact) mass is 358 g/mol. The first kappa shape index (κ1) is 20.5. The smallest absolute Gasteiger partial charge is 0.344 e. The van der Waals surface area contributed by atoms with Crippen molar-refractivity contribution in [2.75, 3.05) is 26.2 Å². The third kappa shape index (κ3) is 5.09. The second-order valence-corrected chi connectivity index (χ2v) is 7.03. The number of ether oxygens (including phenoxy) is 1. The molecule has 2 rings (SSSR count). The zero-order chi connectivity index (χ0) is 18.8.